The Balaban J connectivity index is 1.57. The van der Waals surface area contributed by atoms with E-state index in [0.29, 0.717) is 0 Å². The van der Waals surface area contributed by atoms with Crippen molar-refractivity contribution in [3.63, 3.8) is 0 Å². The summed E-state index contributed by atoms with van der Waals surface area (Å²) in [5.41, 5.74) is 0. The molecule has 2 nitrogen and oxygen atoms in total. The van der Waals surface area contributed by atoms with Crippen LogP contribution in [0.25, 0.3) is 0 Å². The van der Waals surface area contributed by atoms with Crippen LogP contribution in [0.15, 0.2) is 0 Å². The lowest BCUT2D eigenvalue weighted by molar-refractivity contribution is 0.143. The molecule has 0 amide bonds. The molecule has 0 aliphatic carbocycles. The fourth-order valence-corrected chi connectivity index (χ4v) is 4.31. The molecule has 2 rings (SSSR count). The van der Waals surface area contributed by atoms with Crippen LogP contribution in [0.4, 0.5) is 0 Å². The SMILES string of the molecule is CC(C)C1CCN(CCCC(C)C2CCN(C)CC2)CC1. The van der Waals surface area contributed by atoms with Gasteiger partial charge in [-0.1, -0.05) is 20.8 Å². The number of nitrogens with zero attached hydrogens (tertiary/aromatic N) is 2. The van der Waals surface area contributed by atoms with Gasteiger partial charge in [-0.05, 0) is 102 Å². The van der Waals surface area contributed by atoms with Crippen molar-refractivity contribution in [3.05, 3.63) is 0 Å². The molecule has 2 heteroatoms. The molecular weight excluding hydrogens is 256 g/mol. The van der Waals surface area contributed by atoms with Gasteiger partial charge >= 0.3 is 0 Å². The molecule has 2 aliphatic rings. The first-order valence-corrected chi connectivity index (χ1v) is 9.47. The van der Waals surface area contributed by atoms with Crippen LogP contribution in [-0.4, -0.2) is 49.6 Å². The lowest BCUT2D eigenvalue weighted by Crippen LogP contribution is -2.36. The van der Waals surface area contributed by atoms with Crippen LogP contribution in [0.1, 0.15) is 59.3 Å². The van der Waals surface area contributed by atoms with E-state index in [1.165, 1.54) is 71.2 Å². The third kappa shape index (κ3) is 5.56. The Morgan fingerprint density at radius 1 is 0.857 bits per heavy atom. The third-order valence-electron chi connectivity index (χ3n) is 6.28. The highest BCUT2D eigenvalue weighted by molar-refractivity contribution is 4.77. The highest BCUT2D eigenvalue weighted by Gasteiger charge is 2.23. The Labute approximate surface area is 133 Å². The van der Waals surface area contributed by atoms with E-state index in [-0.39, 0.29) is 0 Å². The average Bonchev–Trinajstić information content (AvgIpc) is 2.48. The molecule has 124 valence electrons. The van der Waals surface area contributed by atoms with Crippen molar-refractivity contribution < 1.29 is 0 Å². The first kappa shape index (κ1) is 17.3. The smallest absolute Gasteiger partial charge is 0.00160 e. The molecule has 0 aromatic carbocycles. The van der Waals surface area contributed by atoms with E-state index in [1.54, 1.807) is 0 Å². The van der Waals surface area contributed by atoms with Crippen LogP contribution >= 0.6 is 0 Å². The van der Waals surface area contributed by atoms with E-state index in [9.17, 15) is 0 Å². The number of hydrogen-bond donors (Lipinski definition) is 0. The zero-order valence-electron chi connectivity index (χ0n) is 15.0. The van der Waals surface area contributed by atoms with Gasteiger partial charge in [0, 0.05) is 0 Å². The molecule has 0 aromatic rings. The van der Waals surface area contributed by atoms with Crippen LogP contribution in [0.2, 0.25) is 0 Å². The van der Waals surface area contributed by atoms with Crippen molar-refractivity contribution in [1.82, 2.24) is 9.80 Å². The molecule has 0 saturated carbocycles. The molecular formula is C19H38N2. The Kier molecular flexibility index (Phi) is 7.01. The minimum Gasteiger partial charge on any atom is -0.306 e. The summed E-state index contributed by atoms with van der Waals surface area (Å²) in [6, 6.07) is 0. The Morgan fingerprint density at radius 2 is 1.43 bits per heavy atom. The van der Waals surface area contributed by atoms with E-state index < -0.39 is 0 Å². The van der Waals surface area contributed by atoms with Crippen LogP contribution in [0, 0.1) is 23.7 Å². The molecule has 0 N–H and O–H groups in total. The predicted molar refractivity (Wildman–Crippen MR) is 92.6 cm³/mol. The topological polar surface area (TPSA) is 6.48 Å². The molecule has 2 fully saturated rings. The first-order valence-electron chi connectivity index (χ1n) is 9.47. The molecule has 0 radical (unpaired) electrons. The second-order valence-electron chi connectivity index (χ2n) is 8.18. The van der Waals surface area contributed by atoms with Crippen molar-refractivity contribution in [2.75, 3.05) is 39.8 Å². The zero-order chi connectivity index (χ0) is 15.2. The Bertz CT molecular complexity index is 273. The summed E-state index contributed by atoms with van der Waals surface area (Å²) in [6.45, 7) is 14.0. The van der Waals surface area contributed by atoms with E-state index >= 15 is 0 Å². The lowest BCUT2D eigenvalue weighted by Gasteiger charge is -2.35. The highest BCUT2D eigenvalue weighted by atomic mass is 15.1. The maximum atomic E-state index is 2.72. The molecule has 1 atom stereocenters. The summed E-state index contributed by atoms with van der Waals surface area (Å²) >= 11 is 0. The quantitative estimate of drug-likeness (QED) is 0.727. The van der Waals surface area contributed by atoms with E-state index in [4.69, 9.17) is 0 Å². The number of likely N-dealkylation sites (tertiary alicyclic amines) is 2. The number of hydrogen-bond acceptors (Lipinski definition) is 2. The van der Waals surface area contributed by atoms with Crippen molar-refractivity contribution in [2.45, 2.75) is 59.3 Å². The molecule has 2 heterocycles. The highest BCUT2D eigenvalue weighted by Crippen LogP contribution is 2.28. The molecule has 2 saturated heterocycles. The lowest BCUT2D eigenvalue weighted by atomic mass is 9.83. The van der Waals surface area contributed by atoms with E-state index in [1.807, 2.05) is 0 Å². The third-order valence-corrected chi connectivity index (χ3v) is 6.28. The maximum Gasteiger partial charge on any atom is -0.00160 e. The summed E-state index contributed by atoms with van der Waals surface area (Å²) in [4.78, 5) is 5.21. The molecule has 1 unspecified atom stereocenters. The van der Waals surface area contributed by atoms with Gasteiger partial charge < -0.3 is 9.80 Å². The summed E-state index contributed by atoms with van der Waals surface area (Å²) in [5, 5.41) is 0. The second kappa shape index (κ2) is 8.53. The van der Waals surface area contributed by atoms with Gasteiger partial charge in [0.25, 0.3) is 0 Å². The summed E-state index contributed by atoms with van der Waals surface area (Å²) in [6.07, 6.45) is 8.58. The first-order chi connectivity index (χ1) is 10.1. The second-order valence-corrected chi connectivity index (χ2v) is 8.18. The van der Waals surface area contributed by atoms with Gasteiger partial charge in [0.05, 0.1) is 0 Å². The van der Waals surface area contributed by atoms with Gasteiger partial charge in [0.1, 0.15) is 0 Å². The Hall–Kier alpha value is -0.0800. The summed E-state index contributed by atoms with van der Waals surface area (Å²) < 4.78 is 0. The predicted octanol–water partition coefficient (Wildman–Crippen LogP) is 4.11. The van der Waals surface area contributed by atoms with Gasteiger partial charge in [-0.3, -0.25) is 0 Å². The molecule has 0 aromatic heterocycles. The van der Waals surface area contributed by atoms with E-state index in [0.717, 1.165) is 23.7 Å². The summed E-state index contributed by atoms with van der Waals surface area (Å²) in [5.74, 6) is 3.80. The van der Waals surface area contributed by atoms with Gasteiger partial charge in [0.2, 0.25) is 0 Å². The molecule has 2 aliphatic heterocycles. The van der Waals surface area contributed by atoms with Crippen LogP contribution in [0.5, 0.6) is 0 Å². The van der Waals surface area contributed by atoms with Crippen molar-refractivity contribution in [1.29, 1.82) is 0 Å². The molecule has 0 spiro atoms. The number of piperidine rings is 2. The molecule has 0 bridgehead atoms. The van der Waals surface area contributed by atoms with Gasteiger partial charge in [-0.2, -0.15) is 0 Å². The molecule has 21 heavy (non-hydrogen) atoms. The van der Waals surface area contributed by atoms with Gasteiger partial charge in [-0.15, -0.1) is 0 Å². The fraction of sp³-hybridized carbons (Fsp3) is 1.00. The van der Waals surface area contributed by atoms with E-state index in [2.05, 4.69) is 37.6 Å². The standard InChI is InChI=1S/C19H38N2/c1-16(2)18-9-14-21(15-10-18)11-5-6-17(3)19-7-12-20(4)13-8-19/h16-19H,5-15H2,1-4H3. The number of rotatable bonds is 6. The maximum absolute atomic E-state index is 2.72. The van der Waals surface area contributed by atoms with Gasteiger partial charge in [0.15, 0.2) is 0 Å². The van der Waals surface area contributed by atoms with Crippen LogP contribution in [-0.2, 0) is 0 Å². The minimum atomic E-state index is 0.886. The fourth-order valence-electron chi connectivity index (χ4n) is 4.31. The monoisotopic (exact) mass is 294 g/mol. The van der Waals surface area contributed by atoms with Crippen molar-refractivity contribution >= 4 is 0 Å². The Morgan fingerprint density at radius 3 is 2.00 bits per heavy atom. The van der Waals surface area contributed by atoms with Crippen molar-refractivity contribution in [3.8, 4) is 0 Å². The zero-order valence-corrected chi connectivity index (χ0v) is 15.0. The van der Waals surface area contributed by atoms with Crippen LogP contribution < -0.4 is 0 Å². The normalized spacial score (nSPS) is 25.6. The van der Waals surface area contributed by atoms with Crippen molar-refractivity contribution in [2.24, 2.45) is 23.7 Å². The minimum absolute atomic E-state index is 0.886. The van der Waals surface area contributed by atoms with Gasteiger partial charge in [-0.25, -0.2) is 0 Å². The van der Waals surface area contributed by atoms with Crippen LogP contribution in [0.3, 0.4) is 0 Å². The average molecular weight is 295 g/mol. The largest absolute Gasteiger partial charge is 0.306 e. The summed E-state index contributed by atoms with van der Waals surface area (Å²) in [7, 11) is 2.27.